The SMILES string of the molecule is CC(C)C(=O)Nc1cccc(NC(=O)CCCNC(=O)c2ccccc2)c1. The zero-order valence-corrected chi connectivity index (χ0v) is 15.6. The van der Waals surface area contributed by atoms with Crippen molar-refractivity contribution in [2.45, 2.75) is 26.7 Å². The summed E-state index contributed by atoms with van der Waals surface area (Å²) in [5.41, 5.74) is 1.86. The highest BCUT2D eigenvalue weighted by Crippen LogP contribution is 2.16. The van der Waals surface area contributed by atoms with Crippen LogP contribution in [0.5, 0.6) is 0 Å². The van der Waals surface area contributed by atoms with Crippen LogP contribution in [-0.2, 0) is 9.59 Å². The van der Waals surface area contributed by atoms with Gasteiger partial charge in [0.05, 0.1) is 0 Å². The number of benzene rings is 2. The lowest BCUT2D eigenvalue weighted by molar-refractivity contribution is -0.119. The minimum Gasteiger partial charge on any atom is -0.352 e. The van der Waals surface area contributed by atoms with Gasteiger partial charge in [-0.05, 0) is 36.8 Å². The van der Waals surface area contributed by atoms with Crippen molar-refractivity contribution < 1.29 is 14.4 Å². The zero-order valence-electron chi connectivity index (χ0n) is 15.6. The van der Waals surface area contributed by atoms with E-state index in [0.29, 0.717) is 29.9 Å². The summed E-state index contributed by atoms with van der Waals surface area (Å²) in [5, 5.41) is 8.39. The minimum absolute atomic E-state index is 0.0763. The second-order valence-electron chi connectivity index (χ2n) is 6.50. The lowest BCUT2D eigenvalue weighted by atomic mass is 10.2. The van der Waals surface area contributed by atoms with Crippen LogP contribution in [0, 0.1) is 5.92 Å². The third-order valence-corrected chi connectivity index (χ3v) is 3.84. The van der Waals surface area contributed by atoms with Gasteiger partial charge in [-0.15, -0.1) is 0 Å². The van der Waals surface area contributed by atoms with E-state index in [1.54, 1.807) is 48.5 Å². The van der Waals surface area contributed by atoms with Crippen molar-refractivity contribution in [3.63, 3.8) is 0 Å². The molecule has 0 fully saturated rings. The molecule has 142 valence electrons. The fraction of sp³-hybridized carbons (Fsp3) is 0.286. The number of anilines is 2. The van der Waals surface area contributed by atoms with Crippen LogP contribution < -0.4 is 16.0 Å². The molecule has 0 atom stereocenters. The molecule has 0 aliphatic carbocycles. The Bertz CT molecular complexity index is 788. The summed E-state index contributed by atoms with van der Waals surface area (Å²) < 4.78 is 0. The molecule has 0 aliphatic heterocycles. The van der Waals surface area contributed by atoms with Crippen LogP contribution in [0.1, 0.15) is 37.0 Å². The van der Waals surface area contributed by atoms with Crippen molar-refractivity contribution in [3.05, 3.63) is 60.2 Å². The van der Waals surface area contributed by atoms with Gasteiger partial charge in [-0.25, -0.2) is 0 Å². The largest absolute Gasteiger partial charge is 0.352 e. The predicted molar refractivity (Wildman–Crippen MR) is 107 cm³/mol. The van der Waals surface area contributed by atoms with Crippen molar-refractivity contribution in [1.29, 1.82) is 0 Å². The summed E-state index contributed by atoms with van der Waals surface area (Å²) in [6.45, 7) is 4.06. The second kappa shape index (κ2) is 10.1. The molecule has 0 radical (unpaired) electrons. The second-order valence-corrected chi connectivity index (χ2v) is 6.50. The molecule has 0 bridgehead atoms. The fourth-order valence-corrected chi connectivity index (χ4v) is 2.33. The normalized spacial score (nSPS) is 10.3. The highest BCUT2D eigenvalue weighted by atomic mass is 16.2. The Hall–Kier alpha value is -3.15. The summed E-state index contributed by atoms with van der Waals surface area (Å²) in [4.78, 5) is 35.7. The Kier molecular flexibility index (Phi) is 7.55. The molecule has 27 heavy (non-hydrogen) atoms. The van der Waals surface area contributed by atoms with Gasteiger partial charge in [0.1, 0.15) is 0 Å². The molecular formula is C21H25N3O3. The summed E-state index contributed by atoms with van der Waals surface area (Å²) in [5.74, 6) is -0.483. The van der Waals surface area contributed by atoms with E-state index < -0.39 is 0 Å². The van der Waals surface area contributed by atoms with E-state index in [1.165, 1.54) is 0 Å². The van der Waals surface area contributed by atoms with Crippen LogP contribution in [0.3, 0.4) is 0 Å². The molecule has 3 N–H and O–H groups in total. The molecule has 0 saturated carbocycles. The van der Waals surface area contributed by atoms with E-state index >= 15 is 0 Å². The van der Waals surface area contributed by atoms with Crippen molar-refractivity contribution in [3.8, 4) is 0 Å². The van der Waals surface area contributed by atoms with Crippen molar-refractivity contribution >= 4 is 29.1 Å². The first-order valence-electron chi connectivity index (χ1n) is 8.99. The lowest BCUT2D eigenvalue weighted by Crippen LogP contribution is -2.25. The Morgan fingerprint density at radius 2 is 1.56 bits per heavy atom. The highest BCUT2D eigenvalue weighted by molar-refractivity contribution is 5.95. The molecule has 6 heteroatoms. The predicted octanol–water partition coefficient (Wildman–Crippen LogP) is 3.43. The van der Waals surface area contributed by atoms with Crippen LogP contribution in [0.25, 0.3) is 0 Å². The third kappa shape index (κ3) is 6.93. The molecule has 0 aromatic heterocycles. The number of hydrogen-bond acceptors (Lipinski definition) is 3. The fourth-order valence-electron chi connectivity index (χ4n) is 2.33. The van der Waals surface area contributed by atoms with Crippen LogP contribution in [-0.4, -0.2) is 24.3 Å². The van der Waals surface area contributed by atoms with Crippen molar-refractivity contribution in [2.24, 2.45) is 5.92 Å². The minimum atomic E-state index is -0.149. The van der Waals surface area contributed by atoms with Crippen molar-refractivity contribution in [1.82, 2.24) is 5.32 Å². The summed E-state index contributed by atoms with van der Waals surface area (Å²) in [6, 6.07) is 16.0. The first-order chi connectivity index (χ1) is 13.0. The highest BCUT2D eigenvalue weighted by Gasteiger charge is 2.09. The zero-order chi connectivity index (χ0) is 19.6. The van der Waals surface area contributed by atoms with Crippen LogP contribution in [0.15, 0.2) is 54.6 Å². The van der Waals surface area contributed by atoms with Crippen LogP contribution in [0.2, 0.25) is 0 Å². The van der Waals surface area contributed by atoms with E-state index in [-0.39, 0.29) is 30.1 Å². The van der Waals surface area contributed by atoms with E-state index in [4.69, 9.17) is 0 Å². The number of amides is 3. The molecule has 6 nitrogen and oxygen atoms in total. The standard InChI is InChI=1S/C21H25N3O3/c1-15(2)20(26)24-18-11-6-10-17(14-18)23-19(25)12-7-13-22-21(27)16-8-4-3-5-9-16/h3-6,8-11,14-15H,7,12-13H2,1-2H3,(H,22,27)(H,23,25)(H,24,26). The van der Waals surface area contributed by atoms with Gasteiger partial charge >= 0.3 is 0 Å². The molecule has 0 saturated heterocycles. The van der Waals surface area contributed by atoms with Gasteiger partial charge < -0.3 is 16.0 Å². The first kappa shape index (κ1) is 20.2. The monoisotopic (exact) mass is 367 g/mol. The van der Waals surface area contributed by atoms with Crippen LogP contribution >= 0.6 is 0 Å². The Morgan fingerprint density at radius 3 is 2.22 bits per heavy atom. The molecule has 3 amide bonds. The van der Waals surface area contributed by atoms with Gasteiger partial charge in [-0.1, -0.05) is 38.1 Å². The summed E-state index contributed by atoms with van der Waals surface area (Å²) >= 11 is 0. The maximum Gasteiger partial charge on any atom is 0.251 e. The number of rotatable bonds is 8. The number of nitrogens with one attached hydrogen (secondary N) is 3. The molecule has 0 heterocycles. The molecule has 0 unspecified atom stereocenters. The third-order valence-electron chi connectivity index (χ3n) is 3.84. The Labute approximate surface area is 159 Å². The Balaban J connectivity index is 1.74. The topological polar surface area (TPSA) is 87.3 Å². The maximum absolute atomic E-state index is 12.1. The summed E-state index contributed by atoms with van der Waals surface area (Å²) in [6.07, 6.45) is 0.825. The molecule has 2 rings (SSSR count). The van der Waals surface area contributed by atoms with Crippen LogP contribution in [0.4, 0.5) is 11.4 Å². The Morgan fingerprint density at radius 1 is 0.889 bits per heavy atom. The molecular weight excluding hydrogens is 342 g/mol. The van der Waals surface area contributed by atoms with E-state index in [0.717, 1.165) is 0 Å². The molecule has 0 spiro atoms. The van der Waals surface area contributed by atoms with Gasteiger partial charge in [0, 0.05) is 35.8 Å². The van der Waals surface area contributed by atoms with Gasteiger partial charge in [-0.2, -0.15) is 0 Å². The van der Waals surface area contributed by atoms with E-state index in [2.05, 4.69) is 16.0 Å². The molecule has 0 aliphatic rings. The first-order valence-corrected chi connectivity index (χ1v) is 8.99. The smallest absolute Gasteiger partial charge is 0.251 e. The number of hydrogen-bond donors (Lipinski definition) is 3. The summed E-state index contributed by atoms with van der Waals surface area (Å²) in [7, 11) is 0. The van der Waals surface area contributed by atoms with Gasteiger partial charge in [-0.3, -0.25) is 14.4 Å². The average Bonchev–Trinajstić information content (AvgIpc) is 2.66. The average molecular weight is 367 g/mol. The van der Waals surface area contributed by atoms with Gasteiger partial charge in [0.15, 0.2) is 0 Å². The quantitative estimate of drug-likeness (QED) is 0.625. The number of carbonyl (C=O) groups is 3. The lowest BCUT2D eigenvalue weighted by Gasteiger charge is -2.10. The van der Waals surface area contributed by atoms with Crippen molar-refractivity contribution in [2.75, 3.05) is 17.2 Å². The van der Waals surface area contributed by atoms with E-state index in [9.17, 15) is 14.4 Å². The molecule has 2 aromatic rings. The van der Waals surface area contributed by atoms with Gasteiger partial charge in [0.2, 0.25) is 11.8 Å². The van der Waals surface area contributed by atoms with Gasteiger partial charge in [0.25, 0.3) is 5.91 Å². The molecule has 2 aromatic carbocycles. The number of carbonyl (C=O) groups excluding carboxylic acids is 3. The maximum atomic E-state index is 12.1. The van der Waals surface area contributed by atoms with E-state index in [1.807, 2.05) is 19.9 Å².